The Labute approximate surface area is 210 Å². The average Bonchev–Trinajstić information content (AvgIpc) is 3.25. The fourth-order valence-corrected chi connectivity index (χ4v) is 4.07. The molecule has 9 nitrogen and oxygen atoms in total. The molecule has 2 aromatic rings. The van der Waals surface area contributed by atoms with Crippen LogP contribution in [0.5, 0.6) is 0 Å². The zero-order valence-electron chi connectivity index (χ0n) is 20.8. The summed E-state index contributed by atoms with van der Waals surface area (Å²) in [6.07, 6.45) is 3.34. The summed E-state index contributed by atoms with van der Waals surface area (Å²) in [6, 6.07) is 7.97. The van der Waals surface area contributed by atoms with Gasteiger partial charge in [0.25, 0.3) is 0 Å². The highest BCUT2D eigenvalue weighted by molar-refractivity contribution is 7.13. The Bertz CT molecular complexity index is 992. The molecule has 1 saturated heterocycles. The van der Waals surface area contributed by atoms with Crippen molar-refractivity contribution in [3.63, 3.8) is 0 Å². The van der Waals surface area contributed by atoms with Crippen molar-refractivity contribution >= 4 is 34.7 Å². The first-order valence-corrected chi connectivity index (χ1v) is 12.7. The van der Waals surface area contributed by atoms with Gasteiger partial charge in [0.05, 0.1) is 37.6 Å². The number of benzene rings is 1. The summed E-state index contributed by atoms with van der Waals surface area (Å²) >= 11 is 1.38. The molecule has 10 heteroatoms. The lowest BCUT2D eigenvalue weighted by Gasteiger charge is -2.33. The topological polar surface area (TPSA) is 102 Å². The number of nitrogens with zero attached hydrogens (tertiary/aromatic N) is 3. The molecule has 1 amide bonds. The number of aromatic nitrogens is 1. The molecule has 0 bridgehead atoms. The van der Waals surface area contributed by atoms with Crippen molar-refractivity contribution in [2.45, 2.75) is 65.3 Å². The van der Waals surface area contributed by atoms with Gasteiger partial charge in [0.2, 0.25) is 5.13 Å². The molecule has 0 radical (unpaired) electrons. The molecule has 190 valence electrons. The van der Waals surface area contributed by atoms with Crippen LogP contribution in [0, 0.1) is 0 Å². The normalized spacial score (nSPS) is 14.8. The summed E-state index contributed by atoms with van der Waals surface area (Å²) in [7, 11) is 0. The van der Waals surface area contributed by atoms with Crippen molar-refractivity contribution in [3.8, 4) is 0 Å². The smallest absolute Gasteiger partial charge is 0.410 e. The van der Waals surface area contributed by atoms with Gasteiger partial charge >= 0.3 is 12.1 Å². The SMILES string of the molecule is CCOC(=O)Cc1csc(NN=Cc2ccc(COC3CCN(C(=O)OC(C)(C)C)CC3)cc2)n1. The van der Waals surface area contributed by atoms with Crippen LogP contribution in [0.2, 0.25) is 0 Å². The highest BCUT2D eigenvalue weighted by atomic mass is 32.1. The van der Waals surface area contributed by atoms with Gasteiger partial charge in [0, 0.05) is 18.5 Å². The van der Waals surface area contributed by atoms with Crippen molar-refractivity contribution in [3.05, 3.63) is 46.5 Å². The van der Waals surface area contributed by atoms with E-state index in [-0.39, 0.29) is 24.6 Å². The Hall–Kier alpha value is -2.98. The third-order valence-electron chi connectivity index (χ3n) is 5.12. The third-order valence-corrected chi connectivity index (χ3v) is 5.91. The van der Waals surface area contributed by atoms with Crippen LogP contribution in [0.15, 0.2) is 34.7 Å². The number of anilines is 1. The summed E-state index contributed by atoms with van der Waals surface area (Å²) in [4.78, 5) is 29.8. The summed E-state index contributed by atoms with van der Waals surface area (Å²) in [5.74, 6) is -0.289. The van der Waals surface area contributed by atoms with E-state index >= 15 is 0 Å². The van der Waals surface area contributed by atoms with E-state index in [0.29, 0.717) is 37.1 Å². The highest BCUT2D eigenvalue weighted by Crippen LogP contribution is 2.19. The number of amides is 1. The van der Waals surface area contributed by atoms with E-state index in [1.54, 1.807) is 18.0 Å². The van der Waals surface area contributed by atoms with E-state index < -0.39 is 5.60 Å². The molecule has 0 spiro atoms. The number of nitrogens with one attached hydrogen (secondary N) is 1. The van der Waals surface area contributed by atoms with Crippen molar-refractivity contribution in [1.82, 2.24) is 9.88 Å². The van der Waals surface area contributed by atoms with Gasteiger partial charge in [0.15, 0.2) is 0 Å². The number of rotatable bonds is 9. The second-order valence-corrected chi connectivity index (χ2v) is 10.1. The zero-order chi connectivity index (χ0) is 25.3. The molecule has 35 heavy (non-hydrogen) atoms. The van der Waals surface area contributed by atoms with E-state index in [1.165, 1.54) is 11.3 Å². The Morgan fingerprint density at radius 2 is 1.94 bits per heavy atom. The van der Waals surface area contributed by atoms with Gasteiger partial charge < -0.3 is 19.1 Å². The van der Waals surface area contributed by atoms with Crippen molar-refractivity contribution < 1.29 is 23.8 Å². The third kappa shape index (κ3) is 9.29. The van der Waals surface area contributed by atoms with Gasteiger partial charge in [-0.2, -0.15) is 5.10 Å². The molecule has 0 saturated carbocycles. The molecule has 1 aromatic heterocycles. The summed E-state index contributed by atoms with van der Waals surface area (Å²) in [6.45, 7) is 9.57. The number of piperidine rings is 1. The first kappa shape index (κ1) is 26.6. The fraction of sp³-hybridized carbons (Fsp3) is 0.520. The van der Waals surface area contributed by atoms with Gasteiger partial charge in [-0.3, -0.25) is 10.2 Å². The maximum absolute atomic E-state index is 12.2. The number of esters is 1. The second kappa shape index (κ2) is 12.6. The highest BCUT2D eigenvalue weighted by Gasteiger charge is 2.27. The van der Waals surface area contributed by atoms with E-state index in [2.05, 4.69) is 15.5 Å². The molecule has 0 unspecified atom stereocenters. The molecule has 2 heterocycles. The van der Waals surface area contributed by atoms with Crippen LogP contribution < -0.4 is 5.43 Å². The first-order chi connectivity index (χ1) is 16.7. The van der Waals surface area contributed by atoms with E-state index in [9.17, 15) is 9.59 Å². The average molecular weight is 503 g/mol. The maximum atomic E-state index is 12.2. The second-order valence-electron chi connectivity index (χ2n) is 9.22. The first-order valence-electron chi connectivity index (χ1n) is 11.8. The van der Waals surface area contributed by atoms with Gasteiger partial charge in [-0.1, -0.05) is 24.3 Å². The largest absolute Gasteiger partial charge is 0.466 e. The van der Waals surface area contributed by atoms with Gasteiger partial charge in [0.1, 0.15) is 5.60 Å². The van der Waals surface area contributed by atoms with Crippen LogP contribution in [0.25, 0.3) is 0 Å². The molecule has 1 aliphatic rings. The fourth-order valence-electron chi connectivity index (χ4n) is 3.41. The summed E-state index contributed by atoms with van der Waals surface area (Å²) < 4.78 is 16.4. The number of likely N-dealkylation sites (tertiary alicyclic amines) is 1. The van der Waals surface area contributed by atoms with Crippen molar-refractivity contribution in [1.29, 1.82) is 0 Å². The van der Waals surface area contributed by atoms with Crippen LogP contribution >= 0.6 is 11.3 Å². The molecular weight excluding hydrogens is 468 g/mol. The van der Waals surface area contributed by atoms with Crippen LogP contribution in [-0.4, -0.2) is 59.6 Å². The minimum absolute atomic E-state index is 0.131. The van der Waals surface area contributed by atoms with Crippen molar-refractivity contribution in [2.24, 2.45) is 5.10 Å². The van der Waals surface area contributed by atoms with Gasteiger partial charge in [-0.05, 0) is 51.7 Å². The van der Waals surface area contributed by atoms with Crippen LogP contribution in [-0.2, 0) is 32.0 Å². The monoisotopic (exact) mass is 502 g/mol. The number of carbonyl (C=O) groups excluding carboxylic acids is 2. The Morgan fingerprint density at radius 3 is 2.60 bits per heavy atom. The minimum Gasteiger partial charge on any atom is -0.466 e. The molecule has 1 fully saturated rings. The van der Waals surface area contributed by atoms with Crippen LogP contribution in [0.3, 0.4) is 0 Å². The number of hydrogen-bond acceptors (Lipinski definition) is 9. The van der Waals surface area contributed by atoms with Crippen LogP contribution in [0.1, 0.15) is 57.4 Å². The van der Waals surface area contributed by atoms with Crippen molar-refractivity contribution in [2.75, 3.05) is 25.1 Å². The van der Waals surface area contributed by atoms with E-state index in [1.807, 2.05) is 50.4 Å². The van der Waals surface area contributed by atoms with Gasteiger partial charge in [-0.15, -0.1) is 11.3 Å². The molecule has 1 aromatic carbocycles. The predicted octanol–water partition coefficient (Wildman–Crippen LogP) is 4.61. The lowest BCUT2D eigenvalue weighted by atomic mass is 10.1. The predicted molar refractivity (Wildman–Crippen MR) is 136 cm³/mol. The number of thiazole rings is 1. The maximum Gasteiger partial charge on any atom is 0.410 e. The van der Waals surface area contributed by atoms with E-state index in [0.717, 1.165) is 24.0 Å². The summed E-state index contributed by atoms with van der Waals surface area (Å²) in [5, 5.41) is 6.64. The van der Waals surface area contributed by atoms with Crippen LogP contribution in [0.4, 0.5) is 9.93 Å². The van der Waals surface area contributed by atoms with E-state index in [4.69, 9.17) is 14.2 Å². The number of hydrogen-bond donors (Lipinski definition) is 1. The lowest BCUT2D eigenvalue weighted by molar-refractivity contribution is -0.142. The summed E-state index contributed by atoms with van der Waals surface area (Å²) in [5.41, 5.74) is 5.08. The zero-order valence-corrected chi connectivity index (χ0v) is 21.6. The molecule has 1 N–H and O–H groups in total. The molecule has 3 rings (SSSR count). The quantitative estimate of drug-likeness (QED) is 0.303. The number of hydrazone groups is 1. The van der Waals surface area contributed by atoms with Gasteiger partial charge in [-0.25, -0.2) is 9.78 Å². The molecule has 0 aliphatic carbocycles. The molecule has 1 aliphatic heterocycles. The lowest BCUT2D eigenvalue weighted by Crippen LogP contribution is -2.43. The molecule has 0 atom stereocenters. The standard InChI is InChI=1S/C25H34N4O5S/c1-5-32-22(30)14-20-17-35-23(27-20)28-26-15-18-6-8-19(9-7-18)16-33-21-10-12-29(13-11-21)24(31)34-25(2,3)4/h6-9,15,17,21H,5,10-14,16H2,1-4H3,(H,27,28). The number of ether oxygens (including phenoxy) is 3. The Balaban J connectivity index is 1.38. The Morgan fingerprint density at radius 1 is 1.23 bits per heavy atom. The minimum atomic E-state index is -0.479. The molecular formula is C25H34N4O5S. The number of carbonyl (C=O) groups is 2. The Kier molecular flexibility index (Phi) is 9.62.